The second kappa shape index (κ2) is 5.06. The summed E-state index contributed by atoms with van der Waals surface area (Å²) in [6.07, 6.45) is 0. The summed E-state index contributed by atoms with van der Waals surface area (Å²) in [5.41, 5.74) is 8.68. The Morgan fingerprint density at radius 1 is 0.733 bits per heavy atom. The lowest BCUT2D eigenvalue weighted by atomic mass is 10.1. The Morgan fingerprint density at radius 2 is 1.13 bits per heavy atom. The highest BCUT2D eigenvalue weighted by Crippen LogP contribution is 2.22. The van der Waals surface area contributed by atoms with Crippen LogP contribution in [0.4, 0.5) is 5.69 Å². The fourth-order valence-corrected chi connectivity index (χ4v) is 1.44. The number of hydrogen-bond acceptors (Lipinski definition) is 1. The second-order valence-electron chi connectivity index (χ2n) is 3.13. The van der Waals surface area contributed by atoms with Gasteiger partial charge in [0.25, 0.3) is 0 Å². The molecule has 78 valence electrons. The van der Waals surface area contributed by atoms with Crippen molar-refractivity contribution in [2.24, 2.45) is 0 Å². The zero-order chi connectivity index (χ0) is 9.97. The van der Waals surface area contributed by atoms with Crippen LogP contribution >= 0.6 is 24.0 Å². The van der Waals surface area contributed by atoms with Gasteiger partial charge in [-0.2, -0.15) is 0 Å². The number of anilines is 1. The third kappa shape index (κ3) is 2.88. The van der Waals surface area contributed by atoms with Crippen molar-refractivity contribution in [1.82, 2.24) is 0 Å². The van der Waals surface area contributed by atoms with Crippen LogP contribution in [-0.4, -0.2) is 0 Å². The van der Waals surface area contributed by atoms with E-state index in [0.717, 1.165) is 21.8 Å². The summed E-state index contributed by atoms with van der Waals surface area (Å²) in [6.45, 7) is 0. The van der Waals surface area contributed by atoms with Crippen molar-refractivity contribution in [2.45, 2.75) is 0 Å². The molecule has 0 aliphatic rings. The molecule has 0 radical (unpaired) electrons. The molecule has 0 aliphatic carbocycles. The largest absolute Gasteiger partial charge is 0.399 e. The number of halogens is 2. The van der Waals surface area contributed by atoms with Crippen LogP contribution in [0.1, 0.15) is 0 Å². The lowest BCUT2D eigenvalue weighted by molar-refractivity contribution is 1.61. The summed E-state index contributed by atoms with van der Waals surface area (Å²) in [7, 11) is 0. The van der Waals surface area contributed by atoms with E-state index >= 15 is 0 Å². The summed E-state index contributed by atoms with van der Waals surface area (Å²) < 4.78 is 0. The molecule has 2 N–H and O–H groups in total. The van der Waals surface area contributed by atoms with E-state index in [-0.39, 0.29) is 12.4 Å². The van der Waals surface area contributed by atoms with Gasteiger partial charge in [-0.15, -0.1) is 12.4 Å². The predicted octanol–water partition coefficient (Wildman–Crippen LogP) is 4.01. The Kier molecular flexibility index (Phi) is 4.01. The molecule has 0 saturated carbocycles. The van der Waals surface area contributed by atoms with Crippen LogP contribution < -0.4 is 5.73 Å². The maximum absolute atomic E-state index is 5.80. The van der Waals surface area contributed by atoms with Gasteiger partial charge in [0, 0.05) is 10.7 Å². The Labute approximate surface area is 100 Å². The average molecular weight is 240 g/mol. The van der Waals surface area contributed by atoms with Crippen molar-refractivity contribution in [2.75, 3.05) is 5.73 Å². The minimum Gasteiger partial charge on any atom is -0.399 e. The van der Waals surface area contributed by atoms with E-state index in [1.165, 1.54) is 0 Å². The summed E-state index contributed by atoms with van der Waals surface area (Å²) in [6, 6.07) is 15.5. The van der Waals surface area contributed by atoms with Crippen molar-refractivity contribution in [3.05, 3.63) is 53.6 Å². The van der Waals surface area contributed by atoms with Gasteiger partial charge in [-0.3, -0.25) is 0 Å². The van der Waals surface area contributed by atoms with Crippen LogP contribution in [0, 0.1) is 0 Å². The lowest BCUT2D eigenvalue weighted by Crippen LogP contribution is -1.83. The Hall–Kier alpha value is -1.18. The number of nitrogen functional groups attached to an aromatic ring is 1. The molecule has 2 aromatic rings. The SMILES string of the molecule is Cl.Nc1ccc(-c2ccc(Cl)cc2)cc1. The van der Waals surface area contributed by atoms with Crippen molar-refractivity contribution < 1.29 is 0 Å². The van der Waals surface area contributed by atoms with Gasteiger partial charge < -0.3 is 5.73 Å². The van der Waals surface area contributed by atoms with Crippen molar-refractivity contribution in [1.29, 1.82) is 0 Å². The van der Waals surface area contributed by atoms with Gasteiger partial charge in [-0.1, -0.05) is 35.9 Å². The first-order valence-electron chi connectivity index (χ1n) is 4.37. The van der Waals surface area contributed by atoms with Gasteiger partial charge in [0.2, 0.25) is 0 Å². The van der Waals surface area contributed by atoms with Gasteiger partial charge in [0.1, 0.15) is 0 Å². The molecule has 0 heterocycles. The molecule has 3 heteroatoms. The summed E-state index contributed by atoms with van der Waals surface area (Å²) >= 11 is 5.80. The molecule has 0 saturated heterocycles. The van der Waals surface area contributed by atoms with Crippen molar-refractivity contribution in [3.63, 3.8) is 0 Å². The van der Waals surface area contributed by atoms with Crippen molar-refractivity contribution >= 4 is 29.7 Å². The first-order chi connectivity index (χ1) is 6.75. The Balaban J connectivity index is 0.00000112. The number of nitrogens with two attached hydrogens (primary N) is 1. The van der Waals surface area contributed by atoms with Gasteiger partial charge in [-0.05, 0) is 35.4 Å². The maximum Gasteiger partial charge on any atom is 0.0406 e. The maximum atomic E-state index is 5.80. The van der Waals surface area contributed by atoms with Gasteiger partial charge >= 0.3 is 0 Å². The zero-order valence-electron chi connectivity index (χ0n) is 7.98. The molecular weight excluding hydrogens is 229 g/mol. The third-order valence-electron chi connectivity index (χ3n) is 2.09. The molecule has 0 atom stereocenters. The molecule has 0 fully saturated rings. The molecule has 0 amide bonds. The summed E-state index contributed by atoms with van der Waals surface area (Å²) in [5, 5.41) is 0.754. The van der Waals surface area contributed by atoms with E-state index in [2.05, 4.69) is 0 Å². The topological polar surface area (TPSA) is 26.0 Å². The van der Waals surface area contributed by atoms with Crippen LogP contribution in [0.25, 0.3) is 11.1 Å². The molecule has 0 bridgehead atoms. The fourth-order valence-electron chi connectivity index (χ4n) is 1.32. The van der Waals surface area contributed by atoms with Crippen LogP contribution in [0.2, 0.25) is 5.02 Å². The summed E-state index contributed by atoms with van der Waals surface area (Å²) in [5.74, 6) is 0. The molecule has 0 aromatic heterocycles. The van der Waals surface area contributed by atoms with E-state index in [4.69, 9.17) is 17.3 Å². The molecule has 0 unspecified atom stereocenters. The molecule has 15 heavy (non-hydrogen) atoms. The average Bonchev–Trinajstić information content (AvgIpc) is 2.21. The molecule has 0 aliphatic heterocycles. The van der Waals surface area contributed by atoms with Gasteiger partial charge in [0.15, 0.2) is 0 Å². The number of rotatable bonds is 1. The van der Waals surface area contributed by atoms with E-state index in [1.54, 1.807) is 0 Å². The predicted molar refractivity (Wildman–Crippen MR) is 68.5 cm³/mol. The van der Waals surface area contributed by atoms with Gasteiger partial charge in [-0.25, -0.2) is 0 Å². The van der Waals surface area contributed by atoms with Crippen LogP contribution in [0.5, 0.6) is 0 Å². The molecule has 2 aromatic carbocycles. The van der Waals surface area contributed by atoms with E-state index in [1.807, 2.05) is 48.5 Å². The monoisotopic (exact) mass is 239 g/mol. The van der Waals surface area contributed by atoms with E-state index in [9.17, 15) is 0 Å². The highest BCUT2D eigenvalue weighted by atomic mass is 35.5. The van der Waals surface area contributed by atoms with Gasteiger partial charge in [0.05, 0.1) is 0 Å². The minimum absolute atomic E-state index is 0. The van der Waals surface area contributed by atoms with Crippen molar-refractivity contribution in [3.8, 4) is 11.1 Å². The highest BCUT2D eigenvalue weighted by molar-refractivity contribution is 6.30. The minimum atomic E-state index is 0. The smallest absolute Gasteiger partial charge is 0.0406 e. The quantitative estimate of drug-likeness (QED) is 0.748. The normalized spacial score (nSPS) is 9.40. The lowest BCUT2D eigenvalue weighted by Gasteiger charge is -2.01. The third-order valence-corrected chi connectivity index (χ3v) is 2.34. The Morgan fingerprint density at radius 3 is 1.60 bits per heavy atom. The second-order valence-corrected chi connectivity index (χ2v) is 3.57. The summed E-state index contributed by atoms with van der Waals surface area (Å²) in [4.78, 5) is 0. The first kappa shape index (κ1) is 11.9. The molecule has 0 spiro atoms. The Bertz CT molecular complexity index is 377. The van der Waals surface area contributed by atoms with Crippen LogP contribution in [-0.2, 0) is 0 Å². The molecule has 2 rings (SSSR count). The molecular formula is C12H11Cl2N. The first-order valence-corrected chi connectivity index (χ1v) is 4.75. The van der Waals surface area contributed by atoms with E-state index in [0.29, 0.717) is 0 Å². The number of hydrogen-bond donors (Lipinski definition) is 1. The van der Waals surface area contributed by atoms with Crippen LogP contribution in [0.15, 0.2) is 48.5 Å². The standard InChI is InChI=1S/C12H10ClN.ClH/c13-11-5-1-9(2-6-11)10-3-7-12(14)8-4-10;/h1-8H,14H2;1H. The van der Waals surface area contributed by atoms with E-state index < -0.39 is 0 Å². The highest BCUT2D eigenvalue weighted by Gasteiger charge is 1.96. The molecule has 1 nitrogen and oxygen atoms in total. The van der Waals surface area contributed by atoms with Crippen LogP contribution in [0.3, 0.4) is 0 Å². The zero-order valence-corrected chi connectivity index (χ0v) is 9.55. The fraction of sp³-hybridized carbons (Fsp3) is 0. The number of benzene rings is 2.